The predicted molar refractivity (Wildman–Crippen MR) is 150 cm³/mol. The standard InChI is InChI=1S/C30H34N2O6S/c1-5-38-30(35)26-18-9-6-7-12-23(18)39-29(26)32-28(34)24-16(2)31-20-10-8-11-21(33)27(20)25(24)19-15-17(36-3)13-14-22(19)37-4/h13-15,25,31H,5-12H2,1-4H3,(H,32,34)/t25-/m0/s1. The fraction of sp³-hybridized carbons (Fsp3) is 0.433. The fourth-order valence-corrected chi connectivity index (χ4v) is 7.18. The lowest BCUT2D eigenvalue weighted by atomic mass is 9.74. The number of esters is 1. The summed E-state index contributed by atoms with van der Waals surface area (Å²) in [5.74, 6) is -0.274. The van der Waals surface area contributed by atoms with E-state index in [1.807, 2.05) is 13.0 Å². The lowest BCUT2D eigenvalue weighted by molar-refractivity contribution is -0.116. The van der Waals surface area contributed by atoms with Gasteiger partial charge in [0.25, 0.3) is 5.91 Å². The topological polar surface area (TPSA) is 103 Å². The maximum absolute atomic E-state index is 14.2. The Balaban J connectivity index is 1.61. The number of ether oxygens (including phenoxy) is 3. The van der Waals surface area contributed by atoms with Crippen LogP contribution in [0.15, 0.2) is 40.7 Å². The Kier molecular flexibility index (Phi) is 7.79. The molecule has 39 heavy (non-hydrogen) atoms. The lowest BCUT2D eigenvalue weighted by Crippen LogP contribution is -2.35. The van der Waals surface area contributed by atoms with Crippen LogP contribution in [0.1, 0.15) is 78.2 Å². The molecule has 1 aliphatic heterocycles. The summed E-state index contributed by atoms with van der Waals surface area (Å²) >= 11 is 1.44. The molecule has 0 saturated heterocycles. The molecule has 9 heteroatoms. The van der Waals surface area contributed by atoms with Gasteiger partial charge in [-0.15, -0.1) is 11.3 Å². The van der Waals surface area contributed by atoms with E-state index in [0.717, 1.165) is 54.7 Å². The third-order valence-electron chi connectivity index (χ3n) is 7.65. The number of rotatable bonds is 7. The van der Waals surface area contributed by atoms with E-state index in [4.69, 9.17) is 14.2 Å². The highest BCUT2D eigenvalue weighted by atomic mass is 32.1. The van der Waals surface area contributed by atoms with Crippen LogP contribution in [0.4, 0.5) is 5.00 Å². The number of allylic oxidation sites excluding steroid dienone is 3. The third-order valence-corrected chi connectivity index (χ3v) is 8.85. The van der Waals surface area contributed by atoms with Crippen LogP contribution in [-0.4, -0.2) is 38.5 Å². The van der Waals surface area contributed by atoms with Gasteiger partial charge >= 0.3 is 5.97 Å². The second-order valence-corrected chi connectivity index (χ2v) is 11.1. The SMILES string of the molecule is CCOC(=O)c1c(NC(=O)C2=C(C)NC3=C(C(=O)CCC3)[C@H]2c2cc(OC)ccc2OC)sc2c1CCCC2. The van der Waals surface area contributed by atoms with E-state index in [1.165, 1.54) is 11.3 Å². The van der Waals surface area contributed by atoms with Gasteiger partial charge in [-0.25, -0.2) is 4.79 Å². The number of carbonyl (C=O) groups is 3. The van der Waals surface area contributed by atoms with E-state index < -0.39 is 11.9 Å². The zero-order valence-corrected chi connectivity index (χ0v) is 23.6. The van der Waals surface area contributed by atoms with E-state index in [2.05, 4.69) is 10.6 Å². The van der Waals surface area contributed by atoms with Crippen molar-refractivity contribution in [1.29, 1.82) is 0 Å². The van der Waals surface area contributed by atoms with Crippen molar-refractivity contribution in [3.05, 3.63) is 62.3 Å². The van der Waals surface area contributed by atoms with Crippen LogP contribution >= 0.6 is 11.3 Å². The highest BCUT2D eigenvalue weighted by Crippen LogP contribution is 2.47. The van der Waals surface area contributed by atoms with Gasteiger partial charge in [0.05, 0.1) is 32.3 Å². The van der Waals surface area contributed by atoms with Crippen molar-refractivity contribution in [3.8, 4) is 11.5 Å². The summed E-state index contributed by atoms with van der Waals surface area (Å²) in [5.41, 5.74) is 4.61. The fourth-order valence-electron chi connectivity index (χ4n) is 5.90. The molecule has 0 unspecified atom stereocenters. The summed E-state index contributed by atoms with van der Waals surface area (Å²) in [6.45, 7) is 3.88. The number of aryl methyl sites for hydroxylation is 1. The largest absolute Gasteiger partial charge is 0.497 e. The van der Waals surface area contributed by atoms with Crippen LogP contribution in [0.2, 0.25) is 0 Å². The van der Waals surface area contributed by atoms with Crippen molar-refractivity contribution < 1.29 is 28.6 Å². The molecule has 5 rings (SSSR count). The molecule has 3 aliphatic rings. The smallest absolute Gasteiger partial charge is 0.341 e. The number of fused-ring (bicyclic) bond motifs is 1. The molecule has 1 amide bonds. The van der Waals surface area contributed by atoms with Gasteiger partial charge in [-0.1, -0.05) is 0 Å². The van der Waals surface area contributed by atoms with Crippen molar-refractivity contribution in [2.45, 2.75) is 64.7 Å². The number of dihydropyridines is 1. The van der Waals surface area contributed by atoms with Gasteiger partial charge in [0.1, 0.15) is 16.5 Å². The minimum atomic E-state index is -0.653. The number of amides is 1. The minimum Gasteiger partial charge on any atom is -0.497 e. The maximum Gasteiger partial charge on any atom is 0.341 e. The quantitative estimate of drug-likeness (QED) is 0.443. The number of anilines is 1. The first-order chi connectivity index (χ1) is 18.9. The molecule has 1 aromatic carbocycles. The Bertz CT molecular complexity index is 1400. The van der Waals surface area contributed by atoms with E-state index in [9.17, 15) is 14.4 Å². The number of ketones is 1. The van der Waals surface area contributed by atoms with Crippen molar-refractivity contribution in [2.24, 2.45) is 0 Å². The number of methoxy groups -OCH3 is 2. The highest BCUT2D eigenvalue weighted by Gasteiger charge is 2.40. The number of carbonyl (C=O) groups excluding carboxylic acids is 3. The third kappa shape index (κ3) is 4.95. The first-order valence-corrected chi connectivity index (χ1v) is 14.3. The molecule has 1 aromatic heterocycles. The predicted octanol–water partition coefficient (Wildman–Crippen LogP) is 5.43. The molecule has 0 spiro atoms. The first kappa shape index (κ1) is 27.0. The van der Waals surface area contributed by atoms with Crippen LogP contribution in [0, 0.1) is 0 Å². The lowest BCUT2D eigenvalue weighted by Gasteiger charge is -2.35. The maximum atomic E-state index is 14.2. The molecule has 0 radical (unpaired) electrons. The van der Waals surface area contributed by atoms with Gasteiger partial charge in [0, 0.05) is 39.4 Å². The van der Waals surface area contributed by atoms with Crippen LogP contribution in [-0.2, 0) is 27.2 Å². The Morgan fingerprint density at radius 1 is 1.08 bits per heavy atom. The van der Waals surface area contributed by atoms with Gasteiger partial charge in [0.15, 0.2) is 5.78 Å². The van der Waals surface area contributed by atoms with Gasteiger partial charge in [-0.3, -0.25) is 9.59 Å². The normalized spacial score (nSPS) is 18.7. The van der Waals surface area contributed by atoms with E-state index >= 15 is 0 Å². The number of nitrogens with one attached hydrogen (secondary N) is 2. The molecule has 2 N–H and O–H groups in total. The summed E-state index contributed by atoms with van der Waals surface area (Å²) in [7, 11) is 3.15. The van der Waals surface area contributed by atoms with Crippen LogP contribution < -0.4 is 20.1 Å². The molecule has 0 fully saturated rings. The van der Waals surface area contributed by atoms with Crippen molar-refractivity contribution in [3.63, 3.8) is 0 Å². The molecule has 1 atom stereocenters. The summed E-state index contributed by atoms with van der Waals surface area (Å²) in [4.78, 5) is 41.7. The molecule has 2 aromatic rings. The van der Waals surface area contributed by atoms with Gasteiger partial charge in [-0.2, -0.15) is 0 Å². The van der Waals surface area contributed by atoms with E-state index in [1.54, 1.807) is 33.3 Å². The Morgan fingerprint density at radius 3 is 2.62 bits per heavy atom. The zero-order chi connectivity index (χ0) is 27.7. The van der Waals surface area contributed by atoms with Gasteiger partial charge < -0.3 is 24.8 Å². The van der Waals surface area contributed by atoms with E-state index in [-0.39, 0.29) is 18.3 Å². The van der Waals surface area contributed by atoms with Crippen LogP contribution in [0.5, 0.6) is 11.5 Å². The zero-order valence-electron chi connectivity index (χ0n) is 22.8. The summed E-state index contributed by atoms with van der Waals surface area (Å²) in [6, 6.07) is 5.41. The first-order valence-electron chi connectivity index (χ1n) is 13.5. The Hall–Kier alpha value is -3.59. The van der Waals surface area contributed by atoms with Crippen molar-refractivity contribution in [2.75, 3.05) is 26.1 Å². The summed E-state index contributed by atoms with van der Waals surface area (Å²) < 4.78 is 16.6. The molecular formula is C30H34N2O6S. The van der Waals surface area contributed by atoms with Crippen molar-refractivity contribution in [1.82, 2.24) is 5.32 Å². The minimum absolute atomic E-state index is 0.00947. The molecular weight excluding hydrogens is 516 g/mol. The van der Waals surface area contributed by atoms with E-state index in [0.29, 0.717) is 50.9 Å². The van der Waals surface area contributed by atoms with Gasteiger partial charge in [0.2, 0.25) is 0 Å². The molecule has 2 heterocycles. The Morgan fingerprint density at radius 2 is 1.87 bits per heavy atom. The number of benzene rings is 1. The second-order valence-electron chi connectivity index (χ2n) is 9.96. The van der Waals surface area contributed by atoms with Crippen molar-refractivity contribution >= 4 is 34.0 Å². The Labute approximate surface area is 232 Å². The molecule has 0 saturated carbocycles. The van der Waals surface area contributed by atoms with Gasteiger partial charge in [-0.05, 0) is 76.1 Å². The number of hydrogen-bond donors (Lipinski definition) is 2. The average molecular weight is 551 g/mol. The molecule has 2 aliphatic carbocycles. The average Bonchev–Trinajstić information content (AvgIpc) is 3.29. The molecule has 8 nitrogen and oxygen atoms in total. The highest BCUT2D eigenvalue weighted by molar-refractivity contribution is 7.17. The second kappa shape index (κ2) is 11.3. The van der Waals surface area contributed by atoms with Crippen LogP contribution in [0.25, 0.3) is 0 Å². The van der Waals surface area contributed by atoms with Crippen LogP contribution in [0.3, 0.4) is 0 Å². The summed E-state index contributed by atoms with van der Waals surface area (Å²) in [5, 5.41) is 6.91. The molecule has 206 valence electrons. The summed E-state index contributed by atoms with van der Waals surface area (Å²) in [6.07, 6.45) is 5.60. The number of thiophene rings is 1. The molecule has 0 bridgehead atoms. The number of Topliss-reactive ketones (excluding diaryl/α,β-unsaturated/α-hetero) is 1. The monoisotopic (exact) mass is 550 g/mol. The number of hydrogen-bond acceptors (Lipinski definition) is 8.